The van der Waals surface area contributed by atoms with Crippen LogP contribution in [0.4, 0.5) is 0 Å². The number of aliphatic hydroxyl groups is 2. The number of hydrogen-bond donors (Lipinski definition) is 7. The van der Waals surface area contributed by atoms with E-state index in [1.54, 1.807) is 0 Å². The molecule has 35 heavy (non-hydrogen) atoms. The zero-order valence-electron chi connectivity index (χ0n) is 19.5. The second kappa shape index (κ2) is 13.9. The monoisotopic (exact) mass is 510 g/mol. The molecule has 8 atom stereocenters. The van der Waals surface area contributed by atoms with Crippen molar-refractivity contribution < 1.29 is 59.3 Å². The predicted octanol–water partition coefficient (Wildman–Crippen LogP) is -4.50. The van der Waals surface area contributed by atoms with E-state index in [1.807, 2.05) is 0 Å². The predicted molar refractivity (Wildman–Crippen MR) is 115 cm³/mol. The van der Waals surface area contributed by atoms with Gasteiger partial charge in [0.1, 0.15) is 30.4 Å². The number of nitrogens with two attached hydrogens (primary N) is 2. The van der Waals surface area contributed by atoms with Crippen molar-refractivity contribution in [3.05, 3.63) is 0 Å². The molecular formula is C19H34N4O12. The number of carboxylic acid groups (broad SMARTS) is 2. The fourth-order valence-corrected chi connectivity index (χ4v) is 3.46. The van der Waals surface area contributed by atoms with Crippen molar-refractivity contribution >= 4 is 29.7 Å². The lowest BCUT2D eigenvalue weighted by molar-refractivity contribution is -0.245. The molecule has 0 aromatic heterocycles. The summed E-state index contributed by atoms with van der Waals surface area (Å²) < 4.78 is 10.9. The van der Waals surface area contributed by atoms with Crippen LogP contribution in [0.5, 0.6) is 0 Å². The van der Waals surface area contributed by atoms with E-state index < -0.39 is 91.5 Å². The number of carbonyl (C=O) groups is 5. The molecule has 1 saturated heterocycles. The SMILES string of the molecule is CC(=O)N(C1O[C@H](CO)[C@@H](O)[C@H](O[C@H](C)C(=O)O)[C@H]1N)[C@@H](C)C(=O)N[C@H](CCC(=O)O)C(N)=O.O. The average molecular weight is 510 g/mol. The van der Waals surface area contributed by atoms with Gasteiger partial charge in [-0.2, -0.15) is 0 Å². The number of ether oxygens (including phenoxy) is 2. The maximum absolute atomic E-state index is 12.8. The molecule has 0 radical (unpaired) electrons. The van der Waals surface area contributed by atoms with E-state index in [4.69, 9.17) is 31.2 Å². The Bertz CT molecular complexity index is 781. The van der Waals surface area contributed by atoms with Crippen molar-refractivity contribution in [2.45, 2.75) is 82.4 Å². The maximum atomic E-state index is 12.8. The molecule has 1 heterocycles. The third kappa shape index (κ3) is 8.37. The van der Waals surface area contributed by atoms with Crippen LogP contribution in [0.1, 0.15) is 33.6 Å². The summed E-state index contributed by atoms with van der Waals surface area (Å²) in [6.45, 7) is 2.82. The molecule has 1 aliphatic heterocycles. The Labute approximate surface area is 200 Å². The highest BCUT2D eigenvalue weighted by Gasteiger charge is 2.49. The van der Waals surface area contributed by atoms with E-state index >= 15 is 0 Å². The number of nitrogens with zero attached hydrogens (tertiary/aromatic N) is 1. The largest absolute Gasteiger partial charge is 0.481 e. The molecule has 0 aromatic rings. The number of nitrogens with one attached hydrogen (secondary N) is 1. The molecule has 1 aliphatic rings. The Morgan fingerprint density at radius 2 is 1.74 bits per heavy atom. The molecule has 1 rings (SSSR count). The van der Waals surface area contributed by atoms with Crippen molar-refractivity contribution in [2.75, 3.05) is 6.61 Å². The molecule has 16 nitrogen and oxygen atoms in total. The molecule has 1 unspecified atom stereocenters. The summed E-state index contributed by atoms with van der Waals surface area (Å²) in [5, 5.41) is 40.2. The van der Waals surface area contributed by atoms with E-state index in [-0.39, 0.29) is 11.9 Å². The van der Waals surface area contributed by atoms with Gasteiger partial charge in [-0.3, -0.25) is 19.2 Å². The number of aliphatic hydroxyl groups excluding tert-OH is 2. The molecule has 0 bridgehead atoms. The number of amides is 3. The number of rotatable bonds is 12. The smallest absolute Gasteiger partial charge is 0.332 e. The molecule has 0 aliphatic carbocycles. The van der Waals surface area contributed by atoms with Gasteiger partial charge in [0.25, 0.3) is 0 Å². The van der Waals surface area contributed by atoms with Crippen LogP contribution in [0.15, 0.2) is 0 Å². The molecular weight excluding hydrogens is 476 g/mol. The van der Waals surface area contributed by atoms with E-state index in [0.717, 1.165) is 11.8 Å². The molecule has 11 N–H and O–H groups in total. The minimum Gasteiger partial charge on any atom is -0.481 e. The molecule has 1 fully saturated rings. The van der Waals surface area contributed by atoms with Gasteiger partial charge in [-0.05, 0) is 20.3 Å². The zero-order chi connectivity index (χ0) is 26.3. The minimum atomic E-state index is -1.55. The Hall–Kier alpha value is -2.89. The summed E-state index contributed by atoms with van der Waals surface area (Å²) in [5.41, 5.74) is 11.4. The topological polar surface area (TPSA) is 284 Å². The van der Waals surface area contributed by atoms with Crippen molar-refractivity contribution in [3.8, 4) is 0 Å². The molecule has 202 valence electrons. The van der Waals surface area contributed by atoms with E-state index in [1.165, 1.54) is 13.8 Å². The Morgan fingerprint density at radius 1 is 1.17 bits per heavy atom. The number of hydrogen-bond acceptors (Lipinski definition) is 10. The molecule has 0 aromatic carbocycles. The van der Waals surface area contributed by atoms with Crippen LogP contribution in [0, 0.1) is 0 Å². The fourth-order valence-electron chi connectivity index (χ4n) is 3.46. The third-order valence-corrected chi connectivity index (χ3v) is 5.37. The van der Waals surface area contributed by atoms with E-state index in [0.29, 0.717) is 0 Å². The first-order valence-electron chi connectivity index (χ1n) is 10.4. The molecule has 16 heteroatoms. The average Bonchev–Trinajstić information content (AvgIpc) is 2.74. The van der Waals surface area contributed by atoms with Gasteiger partial charge in [-0.1, -0.05) is 0 Å². The van der Waals surface area contributed by atoms with Crippen LogP contribution in [0.25, 0.3) is 0 Å². The van der Waals surface area contributed by atoms with Crippen LogP contribution in [0.3, 0.4) is 0 Å². The van der Waals surface area contributed by atoms with Crippen molar-refractivity contribution in [1.29, 1.82) is 0 Å². The van der Waals surface area contributed by atoms with Crippen LogP contribution >= 0.6 is 0 Å². The summed E-state index contributed by atoms with van der Waals surface area (Å²) in [7, 11) is 0. The van der Waals surface area contributed by atoms with Gasteiger partial charge >= 0.3 is 11.9 Å². The normalized spacial score (nSPS) is 26.4. The van der Waals surface area contributed by atoms with Crippen molar-refractivity contribution in [2.24, 2.45) is 11.5 Å². The lowest BCUT2D eigenvalue weighted by atomic mass is 9.94. The van der Waals surface area contributed by atoms with Crippen LogP contribution in [-0.4, -0.2) is 116 Å². The fraction of sp³-hybridized carbons (Fsp3) is 0.737. The first-order valence-corrected chi connectivity index (χ1v) is 10.4. The van der Waals surface area contributed by atoms with Crippen molar-refractivity contribution in [1.82, 2.24) is 10.2 Å². The molecule has 0 saturated carbocycles. The lowest BCUT2D eigenvalue weighted by Gasteiger charge is -2.48. The lowest BCUT2D eigenvalue weighted by Crippen LogP contribution is -2.70. The summed E-state index contributed by atoms with van der Waals surface area (Å²) >= 11 is 0. The minimum absolute atomic E-state index is 0. The number of aliphatic carboxylic acids is 2. The maximum Gasteiger partial charge on any atom is 0.332 e. The van der Waals surface area contributed by atoms with Gasteiger partial charge in [-0.25, -0.2) is 4.79 Å². The van der Waals surface area contributed by atoms with Crippen LogP contribution in [-0.2, 0) is 33.4 Å². The Morgan fingerprint density at radius 3 is 2.17 bits per heavy atom. The van der Waals surface area contributed by atoms with Gasteiger partial charge in [0.05, 0.1) is 12.6 Å². The third-order valence-electron chi connectivity index (χ3n) is 5.37. The molecule has 0 spiro atoms. The van der Waals surface area contributed by atoms with Gasteiger partial charge in [0.15, 0.2) is 12.3 Å². The van der Waals surface area contributed by atoms with Gasteiger partial charge in [0.2, 0.25) is 17.7 Å². The number of carbonyl (C=O) groups excluding carboxylic acids is 3. The highest BCUT2D eigenvalue weighted by molar-refractivity contribution is 5.91. The van der Waals surface area contributed by atoms with Gasteiger partial charge in [-0.15, -0.1) is 0 Å². The Kier molecular flexibility index (Phi) is 12.7. The van der Waals surface area contributed by atoms with E-state index in [2.05, 4.69) is 5.32 Å². The highest BCUT2D eigenvalue weighted by atomic mass is 16.6. The number of carboxylic acids is 2. The zero-order valence-corrected chi connectivity index (χ0v) is 19.5. The summed E-state index contributed by atoms with van der Waals surface area (Å²) in [6.07, 6.45) is -7.87. The molecule has 3 amide bonds. The highest BCUT2D eigenvalue weighted by Crippen LogP contribution is 2.27. The first-order chi connectivity index (χ1) is 15.7. The van der Waals surface area contributed by atoms with Gasteiger partial charge < -0.3 is 57.1 Å². The first kappa shape index (κ1) is 32.1. The van der Waals surface area contributed by atoms with Gasteiger partial charge in [0, 0.05) is 13.3 Å². The quantitative estimate of drug-likeness (QED) is 0.131. The Balaban J connectivity index is 0.0000116. The summed E-state index contributed by atoms with van der Waals surface area (Å²) in [4.78, 5) is 59.7. The van der Waals surface area contributed by atoms with Crippen LogP contribution < -0.4 is 16.8 Å². The second-order valence-electron chi connectivity index (χ2n) is 7.89. The van der Waals surface area contributed by atoms with E-state index in [9.17, 15) is 34.2 Å². The second-order valence-corrected chi connectivity index (χ2v) is 7.89. The van der Waals surface area contributed by atoms with Crippen LogP contribution in [0.2, 0.25) is 0 Å². The number of primary amides is 1. The van der Waals surface area contributed by atoms with Crippen molar-refractivity contribution in [3.63, 3.8) is 0 Å². The summed E-state index contributed by atoms with van der Waals surface area (Å²) in [6, 6.07) is -4.02. The standard InChI is InChI=1S/C19H32N4O11.H2O/c1-7(17(30)22-10(16(21)29)4-5-12(26)27)23(9(3)25)18-13(20)15(33-8(2)19(31)32)14(28)11(6-24)34-18;/h7-8,10-11,13-15,18,24,28H,4-6,20H2,1-3H3,(H2,21,29)(H,22,30)(H,26,27)(H,31,32);1H2/t7-,8+,10+,11+,13+,14+,15+,18?;/m0./s1. The summed E-state index contributed by atoms with van der Waals surface area (Å²) in [5.74, 6) is -5.15.